The van der Waals surface area contributed by atoms with Gasteiger partial charge in [-0.3, -0.25) is 9.71 Å². The first-order chi connectivity index (χ1) is 16.7. The lowest BCUT2D eigenvalue weighted by molar-refractivity contribution is 0.373. The van der Waals surface area contributed by atoms with Gasteiger partial charge in [-0.1, -0.05) is 17.7 Å². The molecule has 2 aromatic carbocycles. The van der Waals surface area contributed by atoms with Gasteiger partial charge in [-0.15, -0.1) is 11.3 Å². The highest BCUT2D eigenvalue weighted by atomic mass is 35.5. The van der Waals surface area contributed by atoms with Crippen molar-refractivity contribution in [2.45, 2.75) is 11.9 Å². The summed E-state index contributed by atoms with van der Waals surface area (Å²) < 4.78 is 46.7. The molecule has 0 radical (unpaired) electrons. The Balaban J connectivity index is 1.53. The van der Waals surface area contributed by atoms with E-state index in [1.807, 2.05) is 0 Å². The largest absolute Gasteiger partial charge is 0.504 e. The Kier molecular flexibility index (Phi) is 7.01. The van der Waals surface area contributed by atoms with Gasteiger partial charge in [0.1, 0.15) is 5.82 Å². The second kappa shape index (κ2) is 9.98. The Hall–Kier alpha value is -3.54. The number of phenols is 1. The van der Waals surface area contributed by atoms with Crippen LogP contribution >= 0.6 is 22.9 Å². The Morgan fingerprint density at radius 1 is 1.26 bits per heavy atom. The molecule has 0 bridgehead atoms. The number of aryl methyl sites for hydroxylation is 1. The number of sulfonamides is 1. The summed E-state index contributed by atoms with van der Waals surface area (Å²) in [5, 5.41) is 11.7. The molecule has 0 aliphatic carbocycles. The van der Waals surface area contributed by atoms with Gasteiger partial charge in [0.25, 0.3) is 10.0 Å². The van der Waals surface area contributed by atoms with Crippen LogP contribution in [0.3, 0.4) is 0 Å². The third-order valence-electron chi connectivity index (χ3n) is 4.81. The highest BCUT2D eigenvalue weighted by Gasteiger charge is 2.21. The molecule has 2 heterocycles. The first-order valence-electron chi connectivity index (χ1n) is 9.98. The van der Waals surface area contributed by atoms with Crippen LogP contribution in [0.4, 0.5) is 15.2 Å². The third kappa shape index (κ3) is 5.42. The molecule has 0 fully saturated rings. The first kappa shape index (κ1) is 24.6. The summed E-state index contributed by atoms with van der Waals surface area (Å²) in [6, 6.07) is 10.7. The minimum Gasteiger partial charge on any atom is -0.504 e. The molecule has 2 aromatic heterocycles. The molecule has 0 spiro atoms. The zero-order valence-corrected chi connectivity index (χ0v) is 20.7. The maximum Gasteiger partial charge on any atom is 0.281 e. The SMILES string of the molecule is COc1cccc(C=Nc2cnc(S(=O)(=O)Nc3nc(-c4ccc(F)c(Cl)c4)cs3)c(C)c2)c1O. The van der Waals surface area contributed by atoms with Crippen LogP contribution in [0.5, 0.6) is 11.5 Å². The highest BCUT2D eigenvalue weighted by Crippen LogP contribution is 2.31. The van der Waals surface area contributed by atoms with Crippen LogP contribution in [0.1, 0.15) is 11.1 Å². The quantitative estimate of drug-likeness (QED) is 0.301. The number of hydrogen-bond acceptors (Lipinski definition) is 8. The van der Waals surface area contributed by atoms with Crippen molar-refractivity contribution in [2.75, 3.05) is 11.8 Å². The van der Waals surface area contributed by atoms with Crippen LogP contribution in [0.25, 0.3) is 11.3 Å². The van der Waals surface area contributed by atoms with Gasteiger partial charge in [-0.05, 0) is 48.9 Å². The zero-order valence-electron chi connectivity index (χ0n) is 18.4. The summed E-state index contributed by atoms with van der Waals surface area (Å²) >= 11 is 6.89. The monoisotopic (exact) mass is 532 g/mol. The lowest BCUT2D eigenvalue weighted by Crippen LogP contribution is -2.15. The predicted molar refractivity (Wildman–Crippen MR) is 134 cm³/mol. The van der Waals surface area contributed by atoms with Crippen molar-refractivity contribution in [1.82, 2.24) is 9.97 Å². The van der Waals surface area contributed by atoms with Crippen molar-refractivity contribution in [1.29, 1.82) is 0 Å². The summed E-state index contributed by atoms with van der Waals surface area (Å²) in [6.07, 6.45) is 2.74. The molecule has 0 aliphatic rings. The number of aromatic hydroxyl groups is 1. The number of anilines is 1. The maximum absolute atomic E-state index is 13.4. The van der Waals surface area contributed by atoms with Gasteiger partial charge in [0.15, 0.2) is 21.7 Å². The van der Waals surface area contributed by atoms with E-state index >= 15 is 0 Å². The number of para-hydroxylation sites is 1. The van der Waals surface area contributed by atoms with Gasteiger partial charge < -0.3 is 9.84 Å². The van der Waals surface area contributed by atoms with Crippen LogP contribution in [-0.2, 0) is 10.0 Å². The average Bonchev–Trinajstić information content (AvgIpc) is 3.27. The molecule has 0 amide bonds. The molecule has 4 rings (SSSR count). The maximum atomic E-state index is 13.4. The smallest absolute Gasteiger partial charge is 0.281 e. The molecule has 8 nitrogen and oxygen atoms in total. The van der Waals surface area contributed by atoms with Crippen molar-refractivity contribution >= 4 is 50.0 Å². The van der Waals surface area contributed by atoms with E-state index in [1.54, 1.807) is 36.6 Å². The van der Waals surface area contributed by atoms with E-state index in [9.17, 15) is 17.9 Å². The summed E-state index contributed by atoms with van der Waals surface area (Å²) in [4.78, 5) is 12.6. The fourth-order valence-corrected chi connectivity index (χ4v) is 5.44. The van der Waals surface area contributed by atoms with Gasteiger partial charge >= 0.3 is 0 Å². The van der Waals surface area contributed by atoms with E-state index in [2.05, 4.69) is 19.7 Å². The molecule has 0 unspecified atom stereocenters. The fourth-order valence-electron chi connectivity index (χ4n) is 3.12. The number of aromatic nitrogens is 2. The highest BCUT2D eigenvalue weighted by molar-refractivity contribution is 7.92. The lowest BCUT2D eigenvalue weighted by atomic mass is 10.2. The first-order valence-corrected chi connectivity index (χ1v) is 12.7. The molecule has 35 heavy (non-hydrogen) atoms. The minimum absolute atomic E-state index is 0.0539. The standard InChI is InChI=1S/C23H18ClFN4O4S2/c1-13-8-16(26-10-15-4-3-5-20(33-2)21(15)30)11-27-22(13)35(31,32)29-23-28-19(12-34-23)14-6-7-18(25)17(24)9-14/h3-12,30H,1-2H3,(H,28,29). The molecule has 0 saturated heterocycles. The van der Waals surface area contributed by atoms with E-state index in [-0.39, 0.29) is 20.9 Å². The van der Waals surface area contributed by atoms with E-state index in [1.165, 1.54) is 37.7 Å². The van der Waals surface area contributed by atoms with Crippen molar-refractivity contribution in [2.24, 2.45) is 4.99 Å². The van der Waals surface area contributed by atoms with Crippen LogP contribution in [0.15, 0.2) is 64.1 Å². The number of thiazole rings is 1. The number of rotatable bonds is 7. The number of pyridine rings is 1. The second-order valence-corrected chi connectivity index (χ2v) is 10.1. The number of methoxy groups -OCH3 is 1. The number of halogens is 2. The van der Waals surface area contributed by atoms with E-state index < -0.39 is 15.8 Å². The topological polar surface area (TPSA) is 114 Å². The van der Waals surface area contributed by atoms with Gasteiger partial charge in [0.2, 0.25) is 0 Å². The average molecular weight is 533 g/mol. The number of hydrogen-bond donors (Lipinski definition) is 2. The van der Waals surface area contributed by atoms with Crippen molar-refractivity contribution in [3.8, 4) is 22.8 Å². The lowest BCUT2D eigenvalue weighted by Gasteiger charge is -2.08. The van der Waals surface area contributed by atoms with Crippen LogP contribution < -0.4 is 9.46 Å². The Morgan fingerprint density at radius 2 is 2.06 bits per heavy atom. The normalized spacial score (nSPS) is 11.7. The predicted octanol–water partition coefficient (Wildman–Crippen LogP) is 5.57. The summed E-state index contributed by atoms with van der Waals surface area (Å²) in [5.41, 5.74) is 2.20. The molecule has 0 saturated carbocycles. The van der Waals surface area contributed by atoms with Crippen molar-refractivity contribution in [3.63, 3.8) is 0 Å². The minimum atomic E-state index is -4.03. The summed E-state index contributed by atoms with van der Waals surface area (Å²) in [7, 11) is -2.59. The van der Waals surface area contributed by atoms with Gasteiger partial charge in [0, 0.05) is 22.7 Å². The number of nitrogens with zero attached hydrogens (tertiary/aromatic N) is 3. The number of aliphatic imine (C=N–C) groups is 1. The molecule has 2 N–H and O–H groups in total. The molecular weight excluding hydrogens is 515 g/mol. The van der Waals surface area contributed by atoms with Crippen molar-refractivity contribution < 1.29 is 22.7 Å². The van der Waals surface area contributed by atoms with Crippen molar-refractivity contribution in [3.05, 3.63) is 76.0 Å². The Bertz CT molecular complexity index is 1540. The number of phenolic OH excluding ortho intramolecular Hbond substituents is 1. The van der Waals surface area contributed by atoms with Crippen LogP contribution in [-0.4, -0.2) is 36.8 Å². The van der Waals surface area contributed by atoms with E-state index in [4.69, 9.17) is 16.3 Å². The van der Waals surface area contributed by atoms with Gasteiger partial charge in [0.05, 0.1) is 29.7 Å². The molecule has 0 aliphatic heterocycles. The molecule has 0 atom stereocenters. The molecule has 180 valence electrons. The Morgan fingerprint density at radius 3 is 2.77 bits per heavy atom. The van der Waals surface area contributed by atoms with Crippen LogP contribution in [0, 0.1) is 12.7 Å². The molecular formula is C23H18ClFN4O4S2. The van der Waals surface area contributed by atoms with E-state index in [0.717, 1.165) is 11.3 Å². The van der Waals surface area contributed by atoms with Crippen LogP contribution in [0.2, 0.25) is 5.02 Å². The number of benzene rings is 2. The molecule has 4 aromatic rings. The molecule has 12 heteroatoms. The second-order valence-electron chi connectivity index (χ2n) is 7.24. The zero-order chi connectivity index (χ0) is 25.2. The van der Waals surface area contributed by atoms with Gasteiger partial charge in [-0.2, -0.15) is 8.42 Å². The summed E-state index contributed by atoms with van der Waals surface area (Å²) in [5.74, 6) is -0.303. The van der Waals surface area contributed by atoms with Gasteiger partial charge in [-0.25, -0.2) is 14.4 Å². The fraction of sp³-hybridized carbons (Fsp3) is 0.0870. The van der Waals surface area contributed by atoms with E-state index in [0.29, 0.717) is 33.8 Å². The Labute approximate surface area is 209 Å². The number of nitrogens with one attached hydrogen (secondary N) is 1. The number of ether oxygens (including phenoxy) is 1. The third-order valence-corrected chi connectivity index (χ3v) is 7.39. The summed E-state index contributed by atoms with van der Waals surface area (Å²) in [6.45, 7) is 1.59.